The molecule has 31 heavy (non-hydrogen) atoms. The maximum atomic E-state index is 13.0. The number of alkyl halides is 3. The first-order valence-corrected chi connectivity index (χ1v) is 10.7. The maximum Gasteiger partial charge on any atom is 0.433 e. The normalized spacial score (nSPS) is 12.2. The fourth-order valence-electron chi connectivity index (χ4n) is 2.89. The number of pyridine rings is 2. The van der Waals surface area contributed by atoms with Gasteiger partial charge in [-0.25, -0.2) is 28.2 Å². The third-order valence-electron chi connectivity index (χ3n) is 4.62. The zero-order valence-corrected chi connectivity index (χ0v) is 17.8. The number of aromatic nitrogens is 4. The van der Waals surface area contributed by atoms with Crippen LogP contribution in [-0.4, -0.2) is 46.8 Å². The van der Waals surface area contributed by atoms with Gasteiger partial charge in [0.05, 0.1) is 27.9 Å². The van der Waals surface area contributed by atoms with Crippen molar-refractivity contribution in [2.75, 3.05) is 18.1 Å². The SMILES string of the molecule is CCS(=O)(=O)c1cc(C)c(NC(=O)NC)nc1-c1nc2cc(C(F)(F)F)ncc2n1C. The average molecular weight is 456 g/mol. The van der Waals surface area contributed by atoms with Crippen LogP contribution in [0.1, 0.15) is 18.2 Å². The van der Waals surface area contributed by atoms with E-state index in [0.29, 0.717) is 5.56 Å². The molecule has 0 atom stereocenters. The van der Waals surface area contributed by atoms with Gasteiger partial charge in [-0.15, -0.1) is 0 Å². The van der Waals surface area contributed by atoms with Gasteiger partial charge in [-0.1, -0.05) is 6.92 Å². The minimum Gasteiger partial charge on any atom is -0.341 e. The number of fused-ring (bicyclic) bond motifs is 1. The number of carbonyl (C=O) groups excluding carboxylic acids is 1. The fourth-order valence-corrected chi connectivity index (χ4v) is 3.99. The summed E-state index contributed by atoms with van der Waals surface area (Å²) in [5.41, 5.74) is -0.593. The van der Waals surface area contributed by atoms with E-state index in [-0.39, 0.29) is 39.0 Å². The van der Waals surface area contributed by atoms with Crippen LogP contribution in [0.4, 0.5) is 23.8 Å². The Morgan fingerprint density at radius 2 is 1.90 bits per heavy atom. The molecule has 0 aliphatic heterocycles. The number of rotatable bonds is 4. The summed E-state index contributed by atoms with van der Waals surface area (Å²) in [5, 5.41) is 4.86. The molecule has 0 saturated heterocycles. The Morgan fingerprint density at radius 1 is 1.23 bits per heavy atom. The van der Waals surface area contributed by atoms with Crippen molar-refractivity contribution in [3.05, 3.63) is 29.6 Å². The zero-order valence-electron chi connectivity index (χ0n) is 17.0. The van der Waals surface area contributed by atoms with Crippen LogP contribution >= 0.6 is 0 Å². The lowest BCUT2D eigenvalue weighted by molar-refractivity contribution is -0.141. The van der Waals surface area contributed by atoms with Crippen molar-refractivity contribution in [3.63, 3.8) is 0 Å². The molecule has 0 saturated carbocycles. The monoisotopic (exact) mass is 456 g/mol. The van der Waals surface area contributed by atoms with Crippen LogP contribution in [0, 0.1) is 6.92 Å². The van der Waals surface area contributed by atoms with E-state index in [9.17, 15) is 26.4 Å². The second-order valence-corrected chi connectivity index (χ2v) is 8.91. The number of urea groups is 1. The summed E-state index contributed by atoms with van der Waals surface area (Å²) in [6.45, 7) is 3.03. The lowest BCUT2D eigenvalue weighted by atomic mass is 10.2. The molecule has 0 aliphatic carbocycles. The van der Waals surface area contributed by atoms with Gasteiger partial charge in [-0.05, 0) is 24.6 Å². The van der Waals surface area contributed by atoms with Crippen LogP contribution in [0.2, 0.25) is 0 Å². The highest BCUT2D eigenvalue weighted by Crippen LogP contribution is 2.33. The molecule has 166 valence electrons. The molecule has 13 heteroatoms. The van der Waals surface area contributed by atoms with Crippen LogP contribution in [0.3, 0.4) is 0 Å². The van der Waals surface area contributed by atoms with Gasteiger partial charge in [-0.2, -0.15) is 13.2 Å². The Bertz CT molecular complexity index is 1280. The number of carbonyl (C=O) groups is 1. The van der Waals surface area contributed by atoms with E-state index in [0.717, 1.165) is 12.3 Å². The standard InChI is InChI=1S/C18H19F3N6O3S/c1-5-31(29,30)12-6-9(2)15(26-17(28)22-3)25-14(12)16-24-10-7-13(18(19,20)21)23-8-11(10)27(16)4/h6-8H,5H2,1-4H3,(H2,22,25,26,28). The molecule has 2 amide bonds. The van der Waals surface area contributed by atoms with Gasteiger partial charge in [0, 0.05) is 14.1 Å². The molecular formula is C18H19F3N6O3S. The van der Waals surface area contributed by atoms with Crippen LogP contribution in [0.5, 0.6) is 0 Å². The highest BCUT2D eigenvalue weighted by molar-refractivity contribution is 7.91. The van der Waals surface area contributed by atoms with Gasteiger partial charge >= 0.3 is 12.2 Å². The highest BCUT2D eigenvalue weighted by atomic mass is 32.2. The second kappa shape index (κ2) is 7.80. The Morgan fingerprint density at radius 3 is 2.48 bits per heavy atom. The lowest BCUT2D eigenvalue weighted by Gasteiger charge is -2.14. The minimum atomic E-state index is -4.66. The van der Waals surface area contributed by atoms with E-state index >= 15 is 0 Å². The van der Waals surface area contributed by atoms with Crippen molar-refractivity contribution in [1.82, 2.24) is 24.8 Å². The number of amides is 2. The van der Waals surface area contributed by atoms with Crippen LogP contribution < -0.4 is 10.6 Å². The van der Waals surface area contributed by atoms with E-state index < -0.39 is 27.7 Å². The Labute approximate surface area is 175 Å². The van der Waals surface area contributed by atoms with Crippen molar-refractivity contribution < 1.29 is 26.4 Å². The molecule has 0 bridgehead atoms. The number of nitrogens with one attached hydrogen (secondary N) is 2. The molecule has 9 nitrogen and oxygen atoms in total. The molecular weight excluding hydrogens is 437 g/mol. The van der Waals surface area contributed by atoms with Gasteiger partial charge in [-0.3, -0.25) is 5.32 Å². The number of sulfone groups is 1. The van der Waals surface area contributed by atoms with E-state index in [2.05, 4.69) is 25.6 Å². The zero-order chi connectivity index (χ0) is 23.1. The first kappa shape index (κ1) is 22.5. The smallest absolute Gasteiger partial charge is 0.341 e. The number of aryl methyl sites for hydroxylation is 2. The van der Waals surface area contributed by atoms with Crippen molar-refractivity contribution in [1.29, 1.82) is 0 Å². The van der Waals surface area contributed by atoms with E-state index in [1.807, 2.05) is 0 Å². The summed E-state index contributed by atoms with van der Waals surface area (Å²) in [6.07, 6.45) is -3.64. The molecule has 0 aliphatic rings. The van der Waals surface area contributed by atoms with Crippen LogP contribution in [0.15, 0.2) is 23.2 Å². The number of nitrogens with zero attached hydrogens (tertiary/aromatic N) is 4. The third-order valence-corrected chi connectivity index (χ3v) is 6.36. The summed E-state index contributed by atoms with van der Waals surface area (Å²) < 4.78 is 65.9. The molecule has 3 rings (SSSR count). The molecule has 3 aromatic rings. The van der Waals surface area contributed by atoms with Crippen molar-refractivity contribution >= 4 is 32.7 Å². The summed E-state index contributed by atoms with van der Waals surface area (Å²) in [7, 11) is -0.865. The quantitative estimate of drug-likeness (QED) is 0.623. The molecule has 0 radical (unpaired) electrons. The summed E-state index contributed by atoms with van der Waals surface area (Å²) >= 11 is 0. The molecule has 0 aromatic carbocycles. The fraction of sp³-hybridized carbons (Fsp3) is 0.333. The topological polar surface area (TPSA) is 119 Å². The number of anilines is 1. The Hall–Kier alpha value is -3.22. The second-order valence-electron chi connectivity index (χ2n) is 6.66. The molecule has 0 unspecified atom stereocenters. The summed E-state index contributed by atoms with van der Waals surface area (Å²) in [4.78, 5) is 23.5. The van der Waals surface area contributed by atoms with E-state index in [4.69, 9.17) is 0 Å². The van der Waals surface area contributed by atoms with Gasteiger partial charge in [0.15, 0.2) is 15.7 Å². The number of halogens is 3. The molecule has 2 N–H and O–H groups in total. The minimum absolute atomic E-state index is 0.0168. The molecule has 3 aromatic heterocycles. The summed E-state index contributed by atoms with van der Waals surface area (Å²) in [5.74, 6) is -0.124. The highest BCUT2D eigenvalue weighted by Gasteiger charge is 2.33. The molecule has 0 spiro atoms. The Balaban J connectivity index is 2.31. The van der Waals surface area contributed by atoms with Gasteiger partial charge in [0.1, 0.15) is 17.2 Å². The maximum absolute atomic E-state index is 13.0. The van der Waals surface area contributed by atoms with Gasteiger partial charge in [0.25, 0.3) is 0 Å². The van der Waals surface area contributed by atoms with Crippen molar-refractivity contribution in [2.24, 2.45) is 7.05 Å². The number of hydrogen-bond donors (Lipinski definition) is 2. The third kappa shape index (κ3) is 4.17. The predicted molar refractivity (Wildman–Crippen MR) is 107 cm³/mol. The van der Waals surface area contributed by atoms with Crippen LogP contribution in [0.25, 0.3) is 22.6 Å². The summed E-state index contributed by atoms with van der Waals surface area (Å²) in [6, 6.07) is 1.56. The van der Waals surface area contributed by atoms with E-state index in [1.54, 1.807) is 6.92 Å². The lowest BCUT2D eigenvalue weighted by Crippen LogP contribution is -2.25. The van der Waals surface area contributed by atoms with Gasteiger partial charge < -0.3 is 9.88 Å². The van der Waals surface area contributed by atoms with Crippen LogP contribution in [-0.2, 0) is 23.1 Å². The van der Waals surface area contributed by atoms with Gasteiger partial charge in [0.2, 0.25) is 0 Å². The molecule has 3 heterocycles. The number of imidazole rings is 1. The first-order chi connectivity index (χ1) is 14.4. The average Bonchev–Trinajstić information content (AvgIpc) is 3.04. The number of hydrogen-bond acceptors (Lipinski definition) is 6. The molecule has 0 fully saturated rings. The first-order valence-electron chi connectivity index (χ1n) is 9.02. The Kier molecular flexibility index (Phi) is 5.65. The predicted octanol–water partition coefficient (Wildman–Crippen LogP) is 2.90. The van der Waals surface area contributed by atoms with Crippen molar-refractivity contribution in [2.45, 2.75) is 24.9 Å². The van der Waals surface area contributed by atoms with E-state index in [1.165, 1.54) is 31.7 Å². The largest absolute Gasteiger partial charge is 0.433 e. The van der Waals surface area contributed by atoms with Crippen molar-refractivity contribution in [3.8, 4) is 11.5 Å².